The van der Waals surface area contributed by atoms with Crippen molar-refractivity contribution in [2.24, 2.45) is 0 Å². The standard InChI is InChI=1S/C13H20N2O2S/c1-10(16)11-5-4-6-12(9-11)14-13(17)15(2)7-8-18-3/h4-6,9-10,16H,7-8H2,1-3H3,(H,14,17). The lowest BCUT2D eigenvalue weighted by molar-refractivity contribution is 0.199. The molecule has 5 heteroatoms. The summed E-state index contributed by atoms with van der Waals surface area (Å²) in [6.07, 6.45) is 1.48. The van der Waals surface area contributed by atoms with E-state index in [2.05, 4.69) is 5.32 Å². The fourth-order valence-electron chi connectivity index (χ4n) is 1.42. The number of urea groups is 1. The third-order valence-corrected chi connectivity index (χ3v) is 3.19. The number of hydrogen-bond acceptors (Lipinski definition) is 3. The van der Waals surface area contributed by atoms with Crippen LogP contribution in [0.15, 0.2) is 24.3 Å². The van der Waals surface area contributed by atoms with E-state index in [4.69, 9.17) is 0 Å². The van der Waals surface area contributed by atoms with Crippen LogP contribution < -0.4 is 5.32 Å². The Kier molecular flexibility index (Phi) is 6.01. The summed E-state index contributed by atoms with van der Waals surface area (Å²) in [6.45, 7) is 2.41. The Balaban J connectivity index is 2.61. The molecule has 100 valence electrons. The topological polar surface area (TPSA) is 52.6 Å². The van der Waals surface area contributed by atoms with Gasteiger partial charge in [-0.2, -0.15) is 11.8 Å². The molecule has 0 aliphatic heterocycles. The maximum atomic E-state index is 11.8. The van der Waals surface area contributed by atoms with Crippen LogP contribution in [0.1, 0.15) is 18.6 Å². The summed E-state index contributed by atoms with van der Waals surface area (Å²) in [7, 11) is 1.77. The van der Waals surface area contributed by atoms with Crippen LogP contribution in [0.3, 0.4) is 0 Å². The summed E-state index contributed by atoms with van der Waals surface area (Å²) in [5.74, 6) is 0.914. The van der Waals surface area contributed by atoms with Gasteiger partial charge in [0.05, 0.1) is 6.10 Å². The van der Waals surface area contributed by atoms with Gasteiger partial charge in [-0.25, -0.2) is 4.79 Å². The van der Waals surface area contributed by atoms with E-state index in [-0.39, 0.29) is 6.03 Å². The van der Waals surface area contributed by atoms with Crippen LogP contribution >= 0.6 is 11.8 Å². The van der Waals surface area contributed by atoms with Crippen LogP contribution in [0, 0.1) is 0 Å². The number of carbonyl (C=O) groups excluding carboxylic acids is 1. The van der Waals surface area contributed by atoms with E-state index in [1.807, 2.05) is 24.5 Å². The molecule has 18 heavy (non-hydrogen) atoms. The minimum atomic E-state index is -0.531. The normalized spacial score (nSPS) is 12.0. The molecule has 1 rings (SSSR count). The van der Waals surface area contributed by atoms with Crippen molar-refractivity contribution in [3.05, 3.63) is 29.8 Å². The number of aliphatic hydroxyl groups excluding tert-OH is 1. The summed E-state index contributed by atoms with van der Waals surface area (Å²) >= 11 is 1.71. The van der Waals surface area contributed by atoms with Gasteiger partial charge in [-0.05, 0) is 30.9 Å². The van der Waals surface area contributed by atoms with Crippen molar-refractivity contribution in [3.63, 3.8) is 0 Å². The summed E-state index contributed by atoms with van der Waals surface area (Å²) in [4.78, 5) is 13.5. The predicted octanol–water partition coefficient (Wildman–Crippen LogP) is 2.57. The molecule has 0 radical (unpaired) electrons. The van der Waals surface area contributed by atoms with Crippen LogP contribution in [-0.4, -0.2) is 41.6 Å². The fourth-order valence-corrected chi connectivity index (χ4v) is 1.88. The number of hydrogen-bond donors (Lipinski definition) is 2. The van der Waals surface area contributed by atoms with Crippen molar-refractivity contribution in [1.82, 2.24) is 4.90 Å². The number of thioether (sulfide) groups is 1. The van der Waals surface area contributed by atoms with Gasteiger partial charge in [0.1, 0.15) is 0 Å². The zero-order chi connectivity index (χ0) is 13.5. The summed E-state index contributed by atoms with van der Waals surface area (Å²) in [5, 5.41) is 12.3. The first-order valence-electron chi connectivity index (χ1n) is 5.83. The van der Waals surface area contributed by atoms with Crippen molar-refractivity contribution in [2.75, 3.05) is 30.9 Å². The lowest BCUT2D eigenvalue weighted by atomic mass is 10.1. The van der Waals surface area contributed by atoms with Gasteiger partial charge in [0.25, 0.3) is 0 Å². The second kappa shape index (κ2) is 7.28. The zero-order valence-electron chi connectivity index (χ0n) is 11.0. The Labute approximate surface area is 112 Å². The molecule has 0 aliphatic carbocycles. The van der Waals surface area contributed by atoms with Gasteiger partial charge in [0.2, 0.25) is 0 Å². The molecule has 0 heterocycles. The fraction of sp³-hybridized carbons (Fsp3) is 0.462. The maximum absolute atomic E-state index is 11.8. The van der Waals surface area contributed by atoms with Gasteiger partial charge < -0.3 is 15.3 Å². The number of anilines is 1. The summed E-state index contributed by atoms with van der Waals surface area (Å²) < 4.78 is 0. The highest BCUT2D eigenvalue weighted by Gasteiger charge is 2.09. The van der Waals surface area contributed by atoms with Crippen molar-refractivity contribution < 1.29 is 9.90 Å². The molecule has 0 bridgehead atoms. The molecule has 1 atom stereocenters. The molecule has 1 aromatic rings. The van der Waals surface area contributed by atoms with Crippen molar-refractivity contribution in [1.29, 1.82) is 0 Å². The van der Waals surface area contributed by atoms with E-state index < -0.39 is 6.10 Å². The third kappa shape index (κ3) is 4.58. The molecule has 2 N–H and O–H groups in total. The van der Waals surface area contributed by atoms with E-state index in [0.717, 1.165) is 11.3 Å². The monoisotopic (exact) mass is 268 g/mol. The van der Waals surface area contributed by atoms with Crippen LogP contribution in [0.4, 0.5) is 10.5 Å². The largest absolute Gasteiger partial charge is 0.389 e. The van der Waals surface area contributed by atoms with Gasteiger partial charge in [-0.3, -0.25) is 0 Å². The number of rotatable bonds is 5. The van der Waals surface area contributed by atoms with E-state index >= 15 is 0 Å². The second-order valence-corrected chi connectivity index (χ2v) is 5.13. The molecule has 0 aromatic heterocycles. The van der Waals surface area contributed by atoms with Crippen molar-refractivity contribution in [3.8, 4) is 0 Å². The highest BCUT2D eigenvalue weighted by molar-refractivity contribution is 7.98. The lowest BCUT2D eigenvalue weighted by Crippen LogP contribution is -2.33. The third-order valence-electron chi connectivity index (χ3n) is 2.60. The Bertz CT molecular complexity index is 396. The summed E-state index contributed by atoms with van der Waals surface area (Å²) in [6, 6.07) is 7.11. The van der Waals surface area contributed by atoms with E-state index in [9.17, 15) is 9.90 Å². The molecule has 0 fully saturated rings. The second-order valence-electron chi connectivity index (χ2n) is 4.15. The van der Waals surface area contributed by atoms with Crippen molar-refractivity contribution >= 4 is 23.5 Å². The average Bonchev–Trinajstić information content (AvgIpc) is 2.36. The highest BCUT2D eigenvalue weighted by Crippen LogP contribution is 2.17. The van der Waals surface area contributed by atoms with Crippen LogP contribution in [0.25, 0.3) is 0 Å². The van der Waals surface area contributed by atoms with E-state index in [1.54, 1.807) is 36.7 Å². The van der Waals surface area contributed by atoms with Gasteiger partial charge >= 0.3 is 6.03 Å². The first-order chi connectivity index (χ1) is 8.54. The first-order valence-corrected chi connectivity index (χ1v) is 7.23. The maximum Gasteiger partial charge on any atom is 0.321 e. The van der Waals surface area contributed by atoms with E-state index in [1.165, 1.54) is 0 Å². The molecule has 0 spiro atoms. The van der Waals surface area contributed by atoms with Crippen LogP contribution in [0.2, 0.25) is 0 Å². The highest BCUT2D eigenvalue weighted by atomic mass is 32.2. The minimum absolute atomic E-state index is 0.133. The number of benzene rings is 1. The van der Waals surface area contributed by atoms with Crippen LogP contribution in [-0.2, 0) is 0 Å². The van der Waals surface area contributed by atoms with Gasteiger partial charge in [-0.15, -0.1) is 0 Å². The number of nitrogens with one attached hydrogen (secondary N) is 1. The molecule has 1 aromatic carbocycles. The Morgan fingerprint density at radius 2 is 2.28 bits per heavy atom. The van der Waals surface area contributed by atoms with E-state index in [0.29, 0.717) is 12.2 Å². The predicted molar refractivity (Wildman–Crippen MR) is 77.1 cm³/mol. The molecule has 4 nitrogen and oxygen atoms in total. The van der Waals surface area contributed by atoms with Crippen molar-refractivity contribution in [2.45, 2.75) is 13.0 Å². The smallest absolute Gasteiger partial charge is 0.321 e. The number of nitrogens with zero attached hydrogens (tertiary/aromatic N) is 1. The lowest BCUT2D eigenvalue weighted by Gasteiger charge is -2.17. The first kappa shape index (κ1) is 14.9. The molecular weight excluding hydrogens is 248 g/mol. The minimum Gasteiger partial charge on any atom is -0.389 e. The molecule has 1 unspecified atom stereocenters. The molecule has 0 saturated carbocycles. The number of aliphatic hydroxyl groups is 1. The van der Waals surface area contributed by atoms with Gasteiger partial charge in [0.15, 0.2) is 0 Å². The van der Waals surface area contributed by atoms with Gasteiger partial charge in [-0.1, -0.05) is 12.1 Å². The molecular formula is C13H20N2O2S. The Hall–Kier alpha value is -1.20. The Morgan fingerprint density at radius 1 is 1.56 bits per heavy atom. The molecule has 0 aliphatic rings. The van der Waals surface area contributed by atoms with Gasteiger partial charge in [0, 0.05) is 25.0 Å². The SMILES string of the molecule is CSCCN(C)C(=O)Nc1cccc(C(C)O)c1. The molecule has 0 saturated heterocycles. The average molecular weight is 268 g/mol. The number of amides is 2. The Morgan fingerprint density at radius 3 is 2.89 bits per heavy atom. The number of carbonyl (C=O) groups is 1. The zero-order valence-corrected chi connectivity index (χ0v) is 11.8. The quantitative estimate of drug-likeness (QED) is 0.863. The van der Waals surface area contributed by atoms with Crippen LogP contribution in [0.5, 0.6) is 0 Å². The molecule has 2 amide bonds. The summed E-state index contributed by atoms with van der Waals surface area (Å²) in [5.41, 5.74) is 1.49.